The predicted molar refractivity (Wildman–Crippen MR) is 74.3 cm³/mol. The first kappa shape index (κ1) is 12.6. The van der Waals surface area contributed by atoms with Crippen molar-refractivity contribution in [1.82, 2.24) is 5.32 Å². The highest BCUT2D eigenvalue weighted by atomic mass is 14.9. The van der Waals surface area contributed by atoms with Crippen molar-refractivity contribution in [1.29, 1.82) is 0 Å². The molecule has 0 amide bonds. The van der Waals surface area contributed by atoms with Gasteiger partial charge in [-0.15, -0.1) is 0 Å². The summed E-state index contributed by atoms with van der Waals surface area (Å²) in [6.07, 6.45) is 8.24. The van der Waals surface area contributed by atoms with Crippen molar-refractivity contribution in [3.05, 3.63) is 35.4 Å². The van der Waals surface area contributed by atoms with Crippen LogP contribution in [0.2, 0.25) is 0 Å². The van der Waals surface area contributed by atoms with E-state index in [9.17, 15) is 0 Å². The Morgan fingerprint density at radius 1 is 1.24 bits per heavy atom. The quantitative estimate of drug-likeness (QED) is 0.814. The van der Waals surface area contributed by atoms with Gasteiger partial charge in [-0.05, 0) is 56.7 Å². The number of rotatable bonds is 5. The molecule has 1 atom stereocenters. The van der Waals surface area contributed by atoms with Crippen LogP contribution in [-0.2, 0) is 6.42 Å². The fourth-order valence-corrected chi connectivity index (χ4v) is 3.18. The van der Waals surface area contributed by atoms with Crippen LogP contribution < -0.4 is 5.32 Å². The molecule has 0 aliphatic heterocycles. The average Bonchev–Trinajstić information content (AvgIpc) is 2.86. The number of benzene rings is 1. The van der Waals surface area contributed by atoms with Crippen molar-refractivity contribution in [2.45, 2.75) is 51.5 Å². The summed E-state index contributed by atoms with van der Waals surface area (Å²) in [6.45, 7) is 2.22. The molecule has 1 aliphatic carbocycles. The average molecular weight is 231 g/mol. The molecule has 1 aliphatic rings. The SMILES string of the molecule is CNC(CCc1ccccc1C)C1CCCC1. The minimum absolute atomic E-state index is 0.720. The van der Waals surface area contributed by atoms with Gasteiger partial charge >= 0.3 is 0 Å². The van der Waals surface area contributed by atoms with Crippen molar-refractivity contribution in [3.63, 3.8) is 0 Å². The largest absolute Gasteiger partial charge is 0.317 e. The van der Waals surface area contributed by atoms with Gasteiger partial charge in [0.15, 0.2) is 0 Å². The Labute approximate surface area is 106 Å². The van der Waals surface area contributed by atoms with Gasteiger partial charge in [0.25, 0.3) is 0 Å². The molecule has 0 bridgehead atoms. The molecule has 2 rings (SSSR count). The van der Waals surface area contributed by atoms with E-state index in [2.05, 4.69) is 43.6 Å². The fraction of sp³-hybridized carbons (Fsp3) is 0.625. The Balaban J connectivity index is 1.89. The lowest BCUT2D eigenvalue weighted by Crippen LogP contribution is -2.32. The fourth-order valence-electron chi connectivity index (χ4n) is 3.18. The highest BCUT2D eigenvalue weighted by molar-refractivity contribution is 5.25. The zero-order valence-corrected chi connectivity index (χ0v) is 11.2. The highest BCUT2D eigenvalue weighted by Crippen LogP contribution is 2.29. The highest BCUT2D eigenvalue weighted by Gasteiger charge is 2.23. The molecule has 17 heavy (non-hydrogen) atoms. The Morgan fingerprint density at radius 3 is 2.59 bits per heavy atom. The van der Waals surface area contributed by atoms with Crippen LogP contribution in [0.4, 0.5) is 0 Å². The van der Waals surface area contributed by atoms with Gasteiger partial charge in [-0.2, -0.15) is 0 Å². The Hall–Kier alpha value is -0.820. The summed E-state index contributed by atoms with van der Waals surface area (Å²) in [5, 5.41) is 3.53. The third-order valence-electron chi connectivity index (χ3n) is 4.33. The summed E-state index contributed by atoms with van der Waals surface area (Å²) in [6, 6.07) is 9.50. The topological polar surface area (TPSA) is 12.0 Å². The molecule has 0 spiro atoms. The lowest BCUT2D eigenvalue weighted by molar-refractivity contribution is 0.360. The Bertz CT molecular complexity index is 339. The van der Waals surface area contributed by atoms with Crippen LogP contribution in [0.1, 0.15) is 43.2 Å². The molecule has 0 saturated heterocycles. The van der Waals surface area contributed by atoms with E-state index in [4.69, 9.17) is 0 Å². The molecule has 1 nitrogen and oxygen atoms in total. The summed E-state index contributed by atoms with van der Waals surface area (Å²) >= 11 is 0. The first-order chi connectivity index (χ1) is 8.31. The molecule has 1 unspecified atom stereocenters. The molecular formula is C16H25N. The molecule has 1 aromatic rings. The molecule has 1 saturated carbocycles. The second-order valence-electron chi connectivity index (χ2n) is 5.40. The van der Waals surface area contributed by atoms with Crippen molar-refractivity contribution in [3.8, 4) is 0 Å². The van der Waals surface area contributed by atoms with Crippen LogP contribution in [0, 0.1) is 12.8 Å². The van der Waals surface area contributed by atoms with E-state index < -0.39 is 0 Å². The van der Waals surface area contributed by atoms with Gasteiger partial charge < -0.3 is 5.32 Å². The number of aryl methyl sites for hydroxylation is 2. The summed E-state index contributed by atoms with van der Waals surface area (Å²) in [5.41, 5.74) is 2.96. The van der Waals surface area contributed by atoms with E-state index in [1.807, 2.05) is 0 Å². The summed E-state index contributed by atoms with van der Waals surface area (Å²) in [4.78, 5) is 0. The normalized spacial score (nSPS) is 18.5. The van der Waals surface area contributed by atoms with Gasteiger partial charge in [-0.1, -0.05) is 37.1 Å². The lowest BCUT2D eigenvalue weighted by atomic mass is 9.92. The molecule has 94 valence electrons. The predicted octanol–water partition coefficient (Wildman–Crippen LogP) is 3.71. The summed E-state index contributed by atoms with van der Waals surface area (Å²) in [5.74, 6) is 0.920. The van der Waals surface area contributed by atoms with Crippen LogP contribution >= 0.6 is 0 Å². The van der Waals surface area contributed by atoms with Crippen LogP contribution in [0.3, 0.4) is 0 Å². The second kappa shape index (κ2) is 6.20. The van der Waals surface area contributed by atoms with Gasteiger partial charge in [-0.25, -0.2) is 0 Å². The van der Waals surface area contributed by atoms with E-state index in [0.717, 1.165) is 12.0 Å². The van der Waals surface area contributed by atoms with Crippen molar-refractivity contribution in [2.75, 3.05) is 7.05 Å². The van der Waals surface area contributed by atoms with Crippen molar-refractivity contribution >= 4 is 0 Å². The Kier molecular flexibility index (Phi) is 4.61. The second-order valence-corrected chi connectivity index (χ2v) is 5.40. The van der Waals surface area contributed by atoms with E-state index in [1.165, 1.54) is 49.7 Å². The van der Waals surface area contributed by atoms with Gasteiger partial charge in [-0.3, -0.25) is 0 Å². The standard InChI is InChI=1S/C16H25N/c1-13-7-3-4-8-14(13)11-12-16(17-2)15-9-5-6-10-15/h3-4,7-8,15-17H,5-6,9-12H2,1-2H3. The van der Waals surface area contributed by atoms with Gasteiger partial charge in [0.05, 0.1) is 0 Å². The van der Waals surface area contributed by atoms with Crippen molar-refractivity contribution in [2.24, 2.45) is 5.92 Å². The number of hydrogen-bond donors (Lipinski definition) is 1. The van der Waals surface area contributed by atoms with Crippen LogP contribution in [-0.4, -0.2) is 13.1 Å². The third kappa shape index (κ3) is 3.32. The summed E-state index contributed by atoms with van der Waals surface area (Å²) < 4.78 is 0. The lowest BCUT2D eigenvalue weighted by Gasteiger charge is -2.23. The van der Waals surface area contributed by atoms with Crippen LogP contribution in [0.15, 0.2) is 24.3 Å². The number of nitrogens with one attached hydrogen (secondary N) is 1. The molecular weight excluding hydrogens is 206 g/mol. The summed E-state index contributed by atoms with van der Waals surface area (Å²) in [7, 11) is 2.13. The third-order valence-corrected chi connectivity index (χ3v) is 4.33. The molecule has 1 heteroatoms. The number of hydrogen-bond acceptors (Lipinski definition) is 1. The maximum atomic E-state index is 3.53. The van der Waals surface area contributed by atoms with Crippen molar-refractivity contribution < 1.29 is 0 Å². The first-order valence-electron chi connectivity index (χ1n) is 7.03. The maximum Gasteiger partial charge on any atom is 0.00954 e. The minimum atomic E-state index is 0.720. The monoisotopic (exact) mass is 231 g/mol. The zero-order valence-electron chi connectivity index (χ0n) is 11.2. The van der Waals surface area contributed by atoms with E-state index in [-0.39, 0.29) is 0 Å². The maximum absolute atomic E-state index is 3.53. The van der Waals surface area contributed by atoms with Crippen LogP contribution in [0.5, 0.6) is 0 Å². The van der Waals surface area contributed by atoms with Gasteiger partial charge in [0.1, 0.15) is 0 Å². The zero-order chi connectivity index (χ0) is 12.1. The molecule has 0 heterocycles. The van der Waals surface area contributed by atoms with Gasteiger partial charge in [0.2, 0.25) is 0 Å². The van der Waals surface area contributed by atoms with E-state index >= 15 is 0 Å². The van der Waals surface area contributed by atoms with E-state index in [1.54, 1.807) is 0 Å². The molecule has 0 aromatic heterocycles. The first-order valence-corrected chi connectivity index (χ1v) is 7.03. The minimum Gasteiger partial charge on any atom is -0.317 e. The molecule has 1 fully saturated rings. The van der Waals surface area contributed by atoms with E-state index in [0.29, 0.717) is 0 Å². The van der Waals surface area contributed by atoms with Crippen LogP contribution in [0.25, 0.3) is 0 Å². The molecule has 1 N–H and O–H groups in total. The smallest absolute Gasteiger partial charge is 0.00954 e. The van der Waals surface area contributed by atoms with Gasteiger partial charge in [0, 0.05) is 6.04 Å². The molecule has 1 aromatic carbocycles. The molecule has 0 radical (unpaired) electrons. The Morgan fingerprint density at radius 2 is 1.94 bits per heavy atom.